The lowest BCUT2D eigenvalue weighted by molar-refractivity contribution is -0.132. The van der Waals surface area contributed by atoms with E-state index in [1.54, 1.807) is 13.3 Å². The summed E-state index contributed by atoms with van der Waals surface area (Å²) >= 11 is 0. The van der Waals surface area contributed by atoms with Crippen LogP contribution < -0.4 is 5.84 Å². The normalized spacial score (nSPS) is 23.0. The summed E-state index contributed by atoms with van der Waals surface area (Å²) in [5.41, 5.74) is 0.698. The van der Waals surface area contributed by atoms with Gasteiger partial charge in [-0.2, -0.15) is 5.11 Å². The number of ether oxygens (including phenoxy) is 1. The van der Waals surface area contributed by atoms with Crippen molar-refractivity contribution in [3.05, 3.63) is 23.1 Å². The molecular weight excluding hydrogens is 336 g/mol. The van der Waals surface area contributed by atoms with Crippen LogP contribution in [0.2, 0.25) is 0 Å². The second-order valence-electron chi connectivity index (χ2n) is 7.20. The van der Waals surface area contributed by atoms with E-state index in [1.165, 1.54) is 25.7 Å². The van der Waals surface area contributed by atoms with Crippen LogP contribution in [0.5, 0.6) is 0 Å². The summed E-state index contributed by atoms with van der Waals surface area (Å²) < 4.78 is 7.63. The maximum Gasteiger partial charge on any atom is 0.315 e. The third-order valence-corrected chi connectivity index (χ3v) is 4.87. The van der Waals surface area contributed by atoms with Crippen LogP contribution in [0.15, 0.2) is 28.0 Å². The number of amides is 1. The minimum Gasteiger partial charge on any atom is -0.363 e. The molecule has 1 saturated carbocycles. The van der Waals surface area contributed by atoms with Crippen molar-refractivity contribution in [1.29, 1.82) is 0 Å². The Morgan fingerprint density at radius 1 is 1.42 bits per heavy atom. The van der Waals surface area contributed by atoms with Gasteiger partial charge in [0.15, 0.2) is 0 Å². The number of imidazole rings is 1. The Morgan fingerprint density at radius 2 is 2.15 bits per heavy atom. The molecule has 0 radical (unpaired) electrons. The smallest absolute Gasteiger partial charge is 0.315 e. The first kappa shape index (κ1) is 20.2. The van der Waals surface area contributed by atoms with E-state index in [0.29, 0.717) is 11.6 Å². The molecule has 1 heterocycles. The molecule has 0 saturated heterocycles. The number of carbonyl (C=O) groups excluding carboxylic acids is 1. The van der Waals surface area contributed by atoms with Gasteiger partial charge in [-0.1, -0.05) is 25.0 Å². The molecule has 1 aliphatic carbocycles. The van der Waals surface area contributed by atoms with Crippen molar-refractivity contribution in [2.45, 2.75) is 64.7 Å². The number of nitroso groups, excluding NO2 is 1. The van der Waals surface area contributed by atoms with Gasteiger partial charge in [0.25, 0.3) is 0 Å². The topological polar surface area (TPSA) is 124 Å². The highest BCUT2D eigenvalue weighted by atomic mass is 16.5. The quantitative estimate of drug-likeness (QED) is 0.312. The van der Waals surface area contributed by atoms with Crippen molar-refractivity contribution in [3.8, 4) is 0 Å². The zero-order chi connectivity index (χ0) is 18.9. The van der Waals surface area contributed by atoms with E-state index in [4.69, 9.17) is 10.6 Å². The van der Waals surface area contributed by atoms with Crippen LogP contribution in [-0.4, -0.2) is 34.2 Å². The van der Waals surface area contributed by atoms with E-state index in [1.807, 2.05) is 6.20 Å². The van der Waals surface area contributed by atoms with Gasteiger partial charge < -0.3 is 15.1 Å². The monoisotopic (exact) mass is 364 g/mol. The minimum absolute atomic E-state index is 0.198. The predicted molar refractivity (Wildman–Crippen MR) is 96.1 cm³/mol. The Labute approximate surface area is 153 Å². The molecular formula is C17H28N6O3. The molecule has 0 aromatic carbocycles. The van der Waals surface area contributed by atoms with E-state index in [-0.39, 0.29) is 13.0 Å². The molecule has 1 amide bonds. The summed E-state index contributed by atoms with van der Waals surface area (Å²) in [4.78, 5) is 26.8. The molecule has 1 aliphatic rings. The molecule has 2 N–H and O–H groups in total. The van der Waals surface area contributed by atoms with E-state index >= 15 is 0 Å². The van der Waals surface area contributed by atoms with Crippen LogP contribution in [0.4, 0.5) is 0 Å². The lowest BCUT2D eigenvalue weighted by atomic mass is 9.83. The standard InChI is InChI=1S/C17H28N6O3/c1-12-3-5-14(6-4-12)9-23-10-15(19-11-23)7-16(17(24)21-25)26-13(2)8-20-22-18/h10-14,16H,3-9H2,1-2H3,(H2,18,20)/t12?,13-,14?,16?/m1/s1. The highest BCUT2D eigenvalue weighted by Crippen LogP contribution is 2.29. The predicted octanol–water partition coefficient (Wildman–Crippen LogP) is 2.64. The van der Waals surface area contributed by atoms with Crippen LogP contribution in [-0.2, 0) is 22.5 Å². The van der Waals surface area contributed by atoms with E-state index in [9.17, 15) is 9.70 Å². The second-order valence-corrected chi connectivity index (χ2v) is 7.20. The molecule has 26 heavy (non-hydrogen) atoms. The number of nitrogens with two attached hydrogens (primary N) is 1. The van der Waals surface area contributed by atoms with Crippen LogP contribution in [0.25, 0.3) is 0 Å². The highest BCUT2D eigenvalue weighted by Gasteiger charge is 2.25. The van der Waals surface area contributed by atoms with Gasteiger partial charge in [-0.3, -0.25) is 4.79 Å². The average Bonchev–Trinajstić information content (AvgIpc) is 3.07. The molecule has 0 aliphatic heterocycles. The number of hydrogen-bond donors (Lipinski definition) is 1. The Morgan fingerprint density at radius 3 is 2.81 bits per heavy atom. The largest absolute Gasteiger partial charge is 0.363 e. The summed E-state index contributed by atoms with van der Waals surface area (Å²) in [6.45, 7) is 5.16. The zero-order valence-corrected chi connectivity index (χ0v) is 15.5. The molecule has 0 spiro atoms. The van der Waals surface area contributed by atoms with Gasteiger partial charge in [-0.05, 0) is 31.6 Å². The van der Waals surface area contributed by atoms with Gasteiger partial charge in [0.1, 0.15) is 6.10 Å². The van der Waals surface area contributed by atoms with Crippen molar-refractivity contribution in [2.75, 3.05) is 6.54 Å². The third-order valence-electron chi connectivity index (χ3n) is 4.87. The van der Waals surface area contributed by atoms with Gasteiger partial charge in [0.2, 0.25) is 0 Å². The number of hydrogen-bond acceptors (Lipinski definition) is 6. The summed E-state index contributed by atoms with van der Waals surface area (Å²) in [5.74, 6) is 5.60. The molecule has 1 aromatic heterocycles. The van der Waals surface area contributed by atoms with E-state index in [0.717, 1.165) is 12.5 Å². The molecule has 144 valence electrons. The van der Waals surface area contributed by atoms with Crippen molar-refractivity contribution < 1.29 is 9.53 Å². The summed E-state index contributed by atoms with van der Waals surface area (Å²) in [7, 11) is 0. The van der Waals surface area contributed by atoms with Gasteiger partial charge in [-0.15, -0.1) is 4.91 Å². The van der Waals surface area contributed by atoms with Crippen LogP contribution in [0.3, 0.4) is 0 Å². The number of aromatic nitrogens is 2. The Kier molecular flexibility index (Phi) is 7.83. The Bertz CT molecular complexity index is 609. The van der Waals surface area contributed by atoms with Crippen LogP contribution in [0.1, 0.15) is 45.2 Å². The minimum atomic E-state index is -0.977. The highest BCUT2D eigenvalue weighted by molar-refractivity contribution is 5.81. The van der Waals surface area contributed by atoms with Gasteiger partial charge in [-0.25, -0.2) is 4.98 Å². The van der Waals surface area contributed by atoms with E-state index in [2.05, 4.69) is 32.0 Å². The molecule has 1 fully saturated rings. The fourth-order valence-corrected chi connectivity index (χ4v) is 3.35. The van der Waals surface area contributed by atoms with Crippen molar-refractivity contribution >= 4 is 5.91 Å². The lowest BCUT2D eigenvalue weighted by Gasteiger charge is -2.26. The maximum atomic E-state index is 11.8. The summed E-state index contributed by atoms with van der Waals surface area (Å²) in [6.07, 6.45) is 7.52. The number of nitrogens with zero attached hydrogens (tertiary/aromatic N) is 5. The number of carbonyl (C=O) groups is 1. The molecule has 9 nitrogen and oxygen atoms in total. The van der Waals surface area contributed by atoms with Gasteiger partial charge >= 0.3 is 5.91 Å². The Hall–Kier alpha value is -2.16. The summed E-state index contributed by atoms with van der Waals surface area (Å²) in [5, 5.41) is 9.28. The maximum absolute atomic E-state index is 11.8. The van der Waals surface area contributed by atoms with Gasteiger partial charge in [0.05, 0.1) is 24.7 Å². The second kappa shape index (κ2) is 10.1. The van der Waals surface area contributed by atoms with Crippen molar-refractivity contribution in [3.63, 3.8) is 0 Å². The first-order chi connectivity index (χ1) is 12.5. The van der Waals surface area contributed by atoms with Gasteiger partial charge in [0, 0.05) is 24.3 Å². The van der Waals surface area contributed by atoms with Crippen LogP contribution >= 0.6 is 0 Å². The molecule has 2 atom stereocenters. The average molecular weight is 364 g/mol. The first-order valence-corrected chi connectivity index (χ1v) is 9.11. The SMILES string of the molecule is CC1CCC(Cn2cnc(CC(O[C@H](C)CN=NN)C(=O)N=O)c2)CC1. The fraction of sp³-hybridized carbons (Fsp3) is 0.765. The Balaban J connectivity index is 1.92. The number of rotatable bonds is 9. The first-order valence-electron chi connectivity index (χ1n) is 9.11. The third kappa shape index (κ3) is 6.29. The molecule has 1 unspecified atom stereocenters. The van der Waals surface area contributed by atoms with Crippen molar-refractivity contribution in [2.24, 2.45) is 33.2 Å². The fourth-order valence-electron chi connectivity index (χ4n) is 3.35. The van der Waals surface area contributed by atoms with Crippen molar-refractivity contribution in [1.82, 2.24) is 9.55 Å². The molecule has 2 rings (SSSR count). The van der Waals surface area contributed by atoms with E-state index < -0.39 is 18.1 Å². The molecule has 1 aromatic rings. The molecule has 0 bridgehead atoms. The zero-order valence-electron chi connectivity index (χ0n) is 15.5. The van der Waals surface area contributed by atoms with Crippen LogP contribution in [0, 0.1) is 16.7 Å². The lowest BCUT2D eigenvalue weighted by Crippen LogP contribution is -2.30. The summed E-state index contributed by atoms with van der Waals surface area (Å²) in [6, 6.07) is 0. The molecule has 9 heteroatoms.